The third kappa shape index (κ3) is 2.35. The zero-order valence-corrected chi connectivity index (χ0v) is 11.1. The van der Waals surface area contributed by atoms with Crippen LogP contribution < -0.4 is 5.73 Å². The summed E-state index contributed by atoms with van der Waals surface area (Å²) < 4.78 is 28.9. The molecule has 102 valence electrons. The van der Waals surface area contributed by atoms with E-state index in [4.69, 9.17) is 5.73 Å². The molecule has 4 nitrogen and oxygen atoms in total. The van der Waals surface area contributed by atoms with Crippen LogP contribution in [0.15, 0.2) is 18.2 Å². The molecule has 0 amide bonds. The average molecular weight is 266 g/mol. The van der Waals surface area contributed by atoms with E-state index >= 15 is 0 Å². The molecule has 0 bridgehead atoms. The molecule has 1 aromatic heterocycles. The van der Waals surface area contributed by atoms with Crippen molar-refractivity contribution in [3.63, 3.8) is 0 Å². The third-order valence-electron chi connectivity index (χ3n) is 2.78. The topological polar surface area (TPSA) is 56.7 Å². The molecule has 2 rings (SSSR count). The number of hydrogen-bond acceptors (Lipinski definition) is 3. The van der Waals surface area contributed by atoms with Crippen molar-refractivity contribution in [2.75, 3.05) is 0 Å². The van der Waals surface area contributed by atoms with E-state index in [-0.39, 0.29) is 23.5 Å². The van der Waals surface area contributed by atoms with Crippen molar-refractivity contribution in [3.05, 3.63) is 35.7 Å². The van der Waals surface area contributed by atoms with Crippen LogP contribution in [0.1, 0.15) is 26.6 Å². The Morgan fingerprint density at radius 3 is 2.47 bits per heavy atom. The van der Waals surface area contributed by atoms with Crippen LogP contribution in [0.3, 0.4) is 0 Å². The molecular formula is C13H16F2N4. The second-order valence-electron chi connectivity index (χ2n) is 5.25. The summed E-state index contributed by atoms with van der Waals surface area (Å²) in [5.41, 5.74) is 5.32. The lowest BCUT2D eigenvalue weighted by molar-refractivity contribution is 0.385. The molecular weight excluding hydrogens is 250 g/mol. The predicted molar refractivity (Wildman–Crippen MR) is 68.3 cm³/mol. The molecule has 6 heteroatoms. The van der Waals surface area contributed by atoms with Gasteiger partial charge in [0.1, 0.15) is 5.82 Å². The van der Waals surface area contributed by atoms with E-state index in [0.717, 1.165) is 6.07 Å². The zero-order chi connectivity index (χ0) is 14.2. The van der Waals surface area contributed by atoms with E-state index in [9.17, 15) is 8.78 Å². The van der Waals surface area contributed by atoms with Crippen molar-refractivity contribution in [2.24, 2.45) is 5.73 Å². The fraction of sp³-hybridized carbons (Fsp3) is 0.385. The third-order valence-corrected chi connectivity index (χ3v) is 2.78. The maximum Gasteiger partial charge on any atom is 0.169 e. The molecule has 2 aromatic rings. The quantitative estimate of drug-likeness (QED) is 0.908. The largest absolute Gasteiger partial charge is 0.324 e. The second-order valence-corrected chi connectivity index (χ2v) is 5.25. The predicted octanol–water partition coefficient (Wildman–Crippen LogP) is 2.44. The van der Waals surface area contributed by atoms with Gasteiger partial charge in [0.05, 0.1) is 12.1 Å². The van der Waals surface area contributed by atoms with E-state index in [1.807, 2.05) is 20.8 Å². The van der Waals surface area contributed by atoms with Crippen molar-refractivity contribution in [3.8, 4) is 11.4 Å². The number of halogens is 2. The molecule has 0 spiro atoms. The first-order valence-corrected chi connectivity index (χ1v) is 5.95. The molecule has 0 aliphatic heterocycles. The maximum absolute atomic E-state index is 13.9. The van der Waals surface area contributed by atoms with Crippen LogP contribution in [0.5, 0.6) is 0 Å². The molecule has 1 heterocycles. The number of hydrogen-bond donors (Lipinski definition) is 1. The molecule has 19 heavy (non-hydrogen) atoms. The molecule has 0 unspecified atom stereocenters. The van der Waals surface area contributed by atoms with Gasteiger partial charge in [0.2, 0.25) is 0 Å². The van der Waals surface area contributed by atoms with Gasteiger partial charge in [-0.3, -0.25) is 0 Å². The summed E-state index contributed by atoms with van der Waals surface area (Å²) >= 11 is 0. The van der Waals surface area contributed by atoms with Gasteiger partial charge in [-0.15, -0.1) is 10.2 Å². The summed E-state index contributed by atoms with van der Waals surface area (Å²) in [6, 6.07) is 3.99. The lowest BCUT2D eigenvalue weighted by Crippen LogP contribution is -2.26. The first-order valence-electron chi connectivity index (χ1n) is 5.95. The molecule has 0 aliphatic carbocycles. The average Bonchev–Trinajstić information content (AvgIpc) is 2.76. The Balaban J connectivity index is 2.70. The molecule has 0 fully saturated rings. The lowest BCUT2D eigenvalue weighted by Gasteiger charge is -2.24. The molecule has 0 radical (unpaired) electrons. The van der Waals surface area contributed by atoms with Gasteiger partial charge in [-0.05, 0) is 32.9 Å². The van der Waals surface area contributed by atoms with Gasteiger partial charge in [-0.25, -0.2) is 8.78 Å². The highest BCUT2D eigenvalue weighted by molar-refractivity contribution is 5.56. The van der Waals surface area contributed by atoms with Gasteiger partial charge in [0.25, 0.3) is 0 Å². The summed E-state index contributed by atoms with van der Waals surface area (Å²) in [5.74, 6) is -1.02. The normalized spacial score (nSPS) is 11.9. The first-order chi connectivity index (χ1) is 8.86. The maximum atomic E-state index is 13.9. The summed E-state index contributed by atoms with van der Waals surface area (Å²) in [6.07, 6.45) is 0. The summed E-state index contributed by atoms with van der Waals surface area (Å²) in [4.78, 5) is 0. The molecule has 0 saturated carbocycles. The monoisotopic (exact) mass is 266 g/mol. The zero-order valence-electron chi connectivity index (χ0n) is 11.1. The van der Waals surface area contributed by atoms with Gasteiger partial charge in [-0.1, -0.05) is 6.07 Å². The SMILES string of the molecule is CC(C)(C)n1c(CN)nnc1-c1cccc(F)c1F. The summed E-state index contributed by atoms with van der Waals surface area (Å²) in [6.45, 7) is 5.96. The molecule has 0 aliphatic rings. The Labute approximate surface area is 110 Å². The minimum Gasteiger partial charge on any atom is -0.324 e. The molecule has 2 N–H and O–H groups in total. The van der Waals surface area contributed by atoms with Crippen molar-refractivity contribution in [2.45, 2.75) is 32.9 Å². The fourth-order valence-electron chi connectivity index (χ4n) is 2.00. The first kappa shape index (κ1) is 13.6. The number of nitrogens with zero attached hydrogens (tertiary/aromatic N) is 3. The van der Waals surface area contributed by atoms with Crippen molar-refractivity contribution < 1.29 is 8.78 Å². The fourth-order valence-corrected chi connectivity index (χ4v) is 2.00. The molecule has 0 saturated heterocycles. The Bertz CT molecular complexity index is 599. The van der Waals surface area contributed by atoms with Gasteiger partial charge in [-0.2, -0.15) is 0 Å². The highest BCUT2D eigenvalue weighted by Crippen LogP contribution is 2.28. The van der Waals surface area contributed by atoms with Crippen LogP contribution >= 0.6 is 0 Å². The Morgan fingerprint density at radius 2 is 1.89 bits per heavy atom. The Kier molecular flexibility index (Phi) is 3.36. The van der Waals surface area contributed by atoms with Crippen molar-refractivity contribution in [1.29, 1.82) is 0 Å². The van der Waals surface area contributed by atoms with Crippen LogP contribution in [-0.4, -0.2) is 14.8 Å². The molecule has 1 aromatic carbocycles. The van der Waals surface area contributed by atoms with E-state index in [2.05, 4.69) is 10.2 Å². The highest BCUT2D eigenvalue weighted by Gasteiger charge is 2.25. The van der Waals surface area contributed by atoms with Gasteiger partial charge >= 0.3 is 0 Å². The lowest BCUT2D eigenvalue weighted by atomic mass is 10.1. The van der Waals surface area contributed by atoms with Crippen LogP contribution in [0, 0.1) is 11.6 Å². The summed E-state index contributed by atoms with van der Waals surface area (Å²) in [7, 11) is 0. The Hall–Kier alpha value is -1.82. The number of rotatable bonds is 2. The van der Waals surface area contributed by atoms with Crippen LogP contribution in [0.2, 0.25) is 0 Å². The standard InChI is InChI=1S/C13H16F2N4/c1-13(2,3)19-10(7-16)17-18-12(19)8-5-4-6-9(14)11(8)15/h4-6H,7,16H2,1-3H3. The number of aromatic nitrogens is 3. The van der Waals surface area contributed by atoms with Gasteiger partial charge < -0.3 is 10.3 Å². The summed E-state index contributed by atoms with van der Waals surface area (Å²) in [5, 5.41) is 7.90. The van der Waals surface area contributed by atoms with E-state index in [0.29, 0.717) is 5.82 Å². The smallest absolute Gasteiger partial charge is 0.169 e. The highest BCUT2D eigenvalue weighted by atomic mass is 19.2. The van der Waals surface area contributed by atoms with Crippen LogP contribution in [0.4, 0.5) is 8.78 Å². The minimum atomic E-state index is -0.927. The number of nitrogens with two attached hydrogens (primary N) is 1. The number of benzene rings is 1. The van der Waals surface area contributed by atoms with E-state index < -0.39 is 11.6 Å². The van der Waals surface area contributed by atoms with Crippen LogP contribution in [0.25, 0.3) is 11.4 Å². The van der Waals surface area contributed by atoms with E-state index in [1.54, 1.807) is 4.57 Å². The Morgan fingerprint density at radius 1 is 1.21 bits per heavy atom. The molecule has 0 atom stereocenters. The second kappa shape index (κ2) is 4.70. The van der Waals surface area contributed by atoms with Crippen LogP contribution in [-0.2, 0) is 12.1 Å². The van der Waals surface area contributed by atoms with Gasteiger partial charge in [0.15, 0.2) is 17.5 Å². The van der Waals surface area contributed by atoms with Gasteiger partial charge in [0, 0.05) is 5.54 Å². The van der Waals surface area contributed by atoms with Crippen molar-refractivity contribution in [1.82, 2.24) is 14.8 Å². The van der Waals surface area contributed by atoms with E-state index in [1.165, 1.54) is 12.1 Å². The van der Waals surface area contributed by atoms with Crippen molar-refractivity contribution >= 4 is 0 Å². The minimum absolute atomic E-state index is 0.0853.